The van der Waals surface area contributed by atoms with Gasteiger partial charge in [0.1, 0.15) is 5.84 Å². The fourth-order valence-corrected chi connectivity index (χ4v) is 1.36. The van der Waals surface area contributed by atoms with Crippen molar-refractivity contribution in [3.05, 3.63) is 0 Å². The topological polar surface area (TPSA) is 62.3 Å². The molecule has 0 spiro atoms. The van der Waals surface area contributed by atoms with E-state index in [2.05, 4.69) is 4.90 Å². The molecule has 0 amide bonds. The molecule has 0 aromatic carbocycles. The summed E-state index contributed by atoms with van der Waals surface area (Å²) in [5, 5.41) is 7.40. The third-order valence-electron chi connectivity index (χ3n) is 2.17. The summed E-state index contributed by atoms with van der Waals surface area (Å²) in [7, 11) is 1.97. The van der Waals surface area contributed by atoms with E-state index in [4.69, 9.17) is 15.9 Å². The summed E-state index contributed by atoms with van der Waals surface area (Å²) in [4.78, 5) is 2.06. The van der Waals surface area contributed by atoms with Crippen LogP contribution in [0.25, 0.3) is 0 Å². The SMILES string of the molecule is CCC(C(=N)N)N(C)CCOC(C)C. The van der Waals surface area contributed by atoms with E-state index < -0.39 is 0 Å². The predicted octanol–water partition coefficient (Wildman–Crippen LogP) is 1.06. The third-order valence-corrected chi connectivity index (χ3v) is 2.17. The zero-order valence-electron chi connectivity index (χ0n) is 9.71. The van der Waals surface area contributed by atoms with E-state index in [1.54, 1.807) is 0 Å². The Labute approximate surface area is 86.9 Å². The molecule has 0 aliphatic carbocycles. The molecule has 0 heterocycles. The average molecular weight is 201 g/mol. The van der Waals surface area contributed by atoms with E-state index in [-0.39, 0.29) is 18.0 Å². The Morgan fingerprint density at radius 2 is 2.07 bits per heavy atom. The summed E-state index contributed by atoms with van der Waals surface area (Å²) in [5.74, 6) is 0.236. The molecule has 84 valence electrons. The molecule has 1 atom stereocenters. The van der Waals surface area contributed by atoms with Crippen molar-refractivity contribution in [1.82, 2.24) is 4.90 Å². The first-order chi connectivity index (χ1) is 6.49. The van der Waals surface area contributed by atoms with Gasteiger partial charge in [0.25, 0.3) is 0 Å². The lowest BCUT2D eigenvalue weighted by atomic mass is 10.2. The lowest BCUT2D eigenvalue weighted by molar-refractivity contribution is 0.0604. The molecule has 0 aromatic heterocycles. The number of ether oxygens (including phenoxy) is 1. The summed E-state index contributed by atoms with van der Waals surface area (Å²) < 4.78 is 5.43. The van der Waals surface area contributed by atoms with Gasteiger partial charge >= 0.3 is 0 Å². The van der Waals surface area contributed by atoms with Crippen LogP contribution in [0.15, 0.2) is 0 Å². The number of nitrogens with one attached hydrogen (secondary N) is 1. The molecule has 0 radical (unpaired) electrons. The van der Waals surface area contributed by atoms with Gasteiger partial charge in [-0.05, 0) is 27.3 Å². The molecule has 4 heteroatoms. The van der Waals surface area contributed by atoms with Crippen molar-refractivity contribution in [3.8, 4) is 0 Å². The third kappa shape index (κ3) is 5.19. The number of nitrogens with zero attached hydrogens (tertiary/aromatic N) is 1. The van der Waals surface area contributed by atoms with Gasteiger partial charge in [0.05, 0.1) is 18.8 Å². The van der Waals surface area contributed by atoms with Gasteiger partial charge in [-0.15, -0.1) is 0 Å². The van der Waals surface area contributed by atoms with Crippen molar-refractivity contribution in [1.29, 1.82) is 5.41 Å². The number of hydrogen-bond acceptors (Lipinski definition) is 3. The Balaban J connectivity index is 3.81. The van der Waals surface area contributed by atoms with Crippen molar-refractivity contribution in [2.75, 3.05) is 20.2 Å². The maximum Gasteiger partial charge on any atom is 0.108 e. The van der Waals surface area contributed by atoms with Gasteiger partial charge in [-0.2, -0.15) is 0 Å². The van der Waals surface area contributed by atoms with Crippen molar-refractivity contribution in [2.24, 2.45) is 5.73 Å². The number of likely N-dealkylation sites (N-methyl/N-ethyl adjacent to an activating group) is 1. The fraction of sp³-hybridized carbons (Fsp3) is 0.900. The van der Waals surface area contributed by atoms with Gasteiger partial charge in [-0.3, -0.25) is 10.3 Å². The van der Waals surface area contributed by atoms with Gasteiger partial charge in [0.2, 0.25) is 0 Å². The van der Waals surface area contributed by atoms with E-state index in [9.17, 15) is 0 Å². The van der Waals surface area contributed by atoms with Gasteiger partial charge in [-0.1, -0.05) is 6.92 Å². The van der Waals surface area contributed by atoms with Crippen LogP contribution in [0, 0.1) is 5.41 Å². The second kappa shape index (κ2) is 6.79. The van der Waals surface area contributed by atoms with Crippen LogP contribution in [0.4, 0.5) is 0 Å². The van der Waals surface area contributed by atoms with Crippen LogP contribution in [0.3, 0.4) is 0 Å². The molecule has 1 unspecified atom stereocenters. The Bertz CT molecular complexity index is 171. The zero-order valence-corrected chi connectivity index (χ0v) is 9.71. The van der Waals surface area contributed by atoms with E-state index in [0.717, 1.165) is 13.0 Å². The lowest BCUT2D eigenvalue weighted by Gasteiger charge is -2.26. The maximum atomic E-state index is 7.40. The van der Waals surface area contributed by atoms with E-state index >= 15 is 0 Å². The lowest BCUT2D eigenvalue weighted by Crippen LogP contribution is -2.43. The highest BCUT2D eigenvalue weighted by Crippen LogP contribution is 2.01. The summed E-state index contributed by atoms with van der Waals surface area (Å²) in [6.45, 7) is 7.57. The second-order valence-electron chi connectivity index (χ2n) is 3.78. The summed E-state index contributed by atoms with van der Waals surface area (Å²) in [6.07, 6.45) is 1.13. The van der Waals surface area contributed by atoms with Crippen molar-refractivity contribution >= 4 is 5.84 Å². The van der Waals surface area contributed by atoms with Gasteiger partial charge < -0.3 is 10.5 Å². The summed E-state index contributed by atoms with van der Waals surface area (Å²) in [5.41, 5.74) is 5.48. The quantitative estimate of drug-likeness (QED) is 0.478. The van der Waals surface area contributed by atoms with Crippen LogP contribution in [-0.4, -0.2) is 43.1 Å². The number of hydrogen-bond donors (Lipinski definition) is 2. The monoisotopic (exact) mass is 201 g/mol. The second-order valence-corrected chi connectivity index (χ2v) is 3.78. The minimum atomic E-state index is 0.0470. The smallest absolute Gasteiger partial charge is 0.108 e. The normalized spacial score (nSPS) is 13.6. The summed E-state index contributed by atoms with van der Waals surface area (Å²) in [6, 6.07) is 0.0470. The van der Waals surface area contributed by atoms with Gasteiger partial charge in [0, 0.05) is 6.54 Å². The van der Waals surface area contributed by atoms with Crippen LogP contribution >= 0.6 is 0 Å². The van der Waals surface area contributed by atoms with E-state index in [0.29, 0.717) is 6.61 Å². The predicted molar refractivity (Wildman–Crippen MR) is 59.7 cm³/mol. The molecule has 0 saturated heterocycles. The van der Waals surface area contributed by atoms with Crippen molar-refractivity contribution in [2.45, 2.75) is 39.3 Å². The first kappa shape index (κ1) is 13.4. The van der Waals surface area contributed by atoms with E-state index in [1.165, 1.54) is 0 Å². The molecule has 0 aliphatic heterocycles. The number of amidine groups is 1. The first-order valence-electron chi connectivity index (χ1n) is 5.14. The van der Waals surface area contributed by atoms with E-state index in [1.807, 2.05) is 27.8 Å². The maximum absolute atomic E-state index is 7.40. The standard InChI is InChI=1S/C10H23N3O/c1-5-9(10(11)12)13(4)6-7-14-8(2)3/h8-9H,5-7H2,1-4H3,(H3,11,12). The molecule has 0 fully saturated rings. The van der Waals surface area contributed by atoms with Crippen LogP contribution in [0.5, 0.6) is 0 Å². The molecule has 14 heavy (non-hydrogen) atoms. The number of rotatable bonds is 7. The Hall–Kier alpha value is -0.610. The molecule has 0 aliphatic rings. The van der Waals surface area contributed by atoms with Crippen LogP contribution in [-0.2, 0) is 4.74 Å². The van der Waals surface area contributed by atoms with Crippen molar-refractivity contribution < 1.29 is 4.74 Å². The molecule has 0 bridgehead atoms. The largest absolute Gasteiger partial charge is 0.386 e. The Morgan fingerprint density at radius 1 is 1.50 bits per heavy atom. The first-order valence-corrected chi connectivity index (χ1v) is 5.14. The number of nitrogens with two attached hydrogens (primary N) is 1. The van der Waals surface area contributed by atoms with Crippen LogP contribution in [0.2, 0.25) is 0 Å². The molecular formula is C10H23N3O. The molecule has 0 rings (SSSR count). The highest BCUT2D eigenvalue weighted by molar-refractivity contribution is 5.82. The van der Waals surface area contributed by atoms with Gasteiger partial charge in [0.15, 0.2) is 0 Å². The average Bonchev–Trinajstić information content (AvgIpc) is 2.03. The van der Waals surface area contributed by atoms with Crippen LogP contribution in [0.1, 0.15) is 27.2 Å². The van der Waals surface area contributed by atoms with Crippen molar-refractivity contribution in [3.63, 3.8) is 0 Å². The zero-order chi connectivity index (χ0) is 11.1. The molecule has 0 saturated carbocycles. The Kier molecular flexibility index (Phi) is 6.49. The highest BCUT2D eigenvalue weighted by atomic mass is 16.5. The highest BCUT2D eigenvalue weighted by Gasteiger charge is 2.14. The molecule has 4 nitrogen and oxygen atoms in total. The molecule has 3 N–H and O–H groups in total. The summed E-state index contributed by atoms with van der Waals surface area (Å²) >= 11 is 0. The Morgan fingerprint density at radius 3 is 2.43 bits per heavy atom. The van der Waals surface area contributed by atoms with Crippen LogP contribution < -0.4 is 5.73 Å². The molecular weight excluding hydrogens is 178 g/mol. The minimum Gasteiger partial charge on any atom is -0.386 e. The fourth-order valence-electron chi connectivity index (χ4n) is 1.36. The van der Waals surface area contributed by atoms with Gasteiger partial charge in [-0.25, -0.2) is 0 Å². The molecule has 0 aromatic rings. The minimum absolute atomic E-state index is 0.0470.